The highest BCUT2D eigenvalue weighted by molar-refractivity contribution is 5.29. The quantitative estimate of drug-likeness (QED) is 0.875. The molecule has 0 aliphatic heterocycles. The van der Waals surface area contributed by atoms with Crippen LogP contribution in [-0.4, -0.2) is 15.6 Å². The van der Waals surface area contributed by atoms with Crippen molar-refractivity contribution in [3.63, 3.8) is 0 Å². The van der Waals surface area contributed by atoms with Gasteiger partial charge in [0.05, 0.1) is 0 Å². The lowest BCUT2D eigenvalue weighted by Crippen LogP contribution is -2.21. The molecule has 0 bridgehead atoms. The van der Waals surface area contributed by atoms with Crippen LogP contribution in [0.2, 0.25) is 0 Å². The van der Waals surface area contributed by atoms with E-state index in [0.717, 1.165) is 11.9 Å². The minimum absolute atomic E-state index is 0.643. The van der Waals surface area contributed by atoms with E-state index < -0.39 is 0 Å². The van der Waals surface area contributed by atoms with Gasteiger partial charge in [0.2, 0.25) is 5.95 Å². The molecule has 0 radical (unpaired) electrons. The number of rotatable bonds is 3. The second kappa shape index (κ2) is 5.33. The molecule has 2 fully saturated rings. The van der Waals surface area contributed by atoms with Gasteiger partial charge in [0.25, 0.3) is 0 Å². The van der Waals surface area contributed by atoms with Gasteiger partial charge in [-0.2, -0.15) is 0 Å². The van der Waals surface area contributed by atoms with Crippen molar-refractivity contribution < 1.29 is 0 Å². The van der Waals surface area contributed by atoms with Crippen molar-refractivity contribution in [2.75, 3.05) is 5.32 Å². The van der Waals surface area contributed by atoms with E-state index >= 15 is 0 Å². The van der Waals surface area contributed by atoms with Crippen molar-refractivity contribution in [2.45, 2.75) is 70.4 Å². The molecule has 0 aromatic carbocycles. The molecule has 1 heterocycles. The van der Waals surface area contributed by atoms with Crippen LogP contribution in [-0.2, 0) is 0 Å². The maximum Gasteiger partial charge on any atom is 0.203 e. The summed E-state index contributed by atoms with van der Waals surface area (Å²) in [5, 5.41) is 3.67. The second-order valence-electron chi connectivity index (χ2n) is 6.21. The van der Waals surface area contributed by atoms with Gasteiger partial charge >= 0.3 is 0 Å². The molecular formula is C15H25N3. The van der Waals surface area contributed by atoms with Crippen LogP contribution in [0.5, 0.6) is 0 Å². The first-order chi connectivity index (χ1) is 8.83. The SMILES string of the molecule is CC1CCC(Nc2nccn2C2CCCCC2)C1. The van der Waals surface area contributed by atoms with Gasteiger partial charge in [0.1, 0.15) is 0 Å². The summed E-state index contributed by atoms with van der Waals surface area (Å²) >= 11 is 0. The lowest BCUT2D eigenvalue weighted by atomic mass is 9.95. The lowest BCUT2D eigenvalue weighted by Gasteiger charge is -2.25. The Kier molecular flexibility index (Phi) is 3.57. The molecule has 0 spiro atoms. The average Bonchev–Trinajstić information content (AvgIpc) is 3.00. The number of anilines is 1. The Bertz CT molecular complexity index is 379. The van der Waals surface area contributed by atoms with Crippen LogP contribution in [0.4, 0.5) is 5.95 Å². The Morgan fingerprint density at radius 2 is 2.00 bits per heavy atom. The Hall–Kier alpha value is -0.990. The second-order valence-corrected chi connectivity index (χ2v) is 6.21. The highest BCUT2D eigenvalue weighted by Crippen LogP contribution is 2.32. The van der Waals surface area contributed by atoms with Gasteiger partial charge < -0.3 is 9.88 Å². The summed E-state index contributed by atoms with van der Waals surface area (Å²) in [4.78, 5) is 4.53. The van der Waals surface area contributed by atoms with E-state index in [0.29, 0.717) is 12.1 Å². The maximum atomic E-state index is 4.53. The zero-order chi connectivity index (χ0) is 12.4. The monoisotopic (exact) mass is 247 g/mol. The van der Waals surface area contributed by atoms with Gasteiger partial charge in [-0.15, -0.1) is 0 Å². The molecule has 1 aromatic rings. The molecule has 2 aliphatic carbocycles. The highest BCUT2D eigenvalue weighted by Gasteiger charge is 2.24. The summed E-state index contributed by atoms with van der Waals surface area (Å²) < 4.78 is 2.39. The van der Waals surface area contributed by atoms with Gasteiger partial charge in [0.15, 0.2) is 0 Å². The number of nitrogens with one attached hydrogen (secondary N) is 1. The number of aromatic nitrogens is 2. The summed E-state index contributed by atoms with van der Waals surface area (Å²) in [5.41, 5.74) is 0. The standard InChI is InChI=1S/C15H25N3/c1-12-7-8-13(11-12)17-15-16-9-10-18(15)14-5-3-2-4-6-14/h9-10,12-14H,2-8,11H2,1H3,(H,16,17). The fourth-order valence-electron chi connectivity index (χ4n) is 3.60. The highest BCUT2D eigenvalue weighted by atomic mass is 15.2. The van der Waals surface area contributed by atoms with Crippen LogP contribution < -0.4 is 5.32 Å². The van der Waals surface area contributed by atoms with Gasteiger partial charge in [-0.1, -0.05) is 26.2 Å². The van der Waals surface area contributed by atoms with Crippen LogP contribution in [0.3, 0.4) is 0 Å². The molecule has 3 heteroatoms. The summed E-state index contributed by atoms with van der Waals surface area (Å²) in [7, 11) is 0. The fraction of sp³-hybridized carbons (Fsp3) is 0.800. The molecule has 1 N–H and O–H groups in total. The van der Waals surface area contributed by atoms with E-state index in [4.69, 9.17) is 0 Å². The van der Waals surface area contributed by atoms with Crippen LogP contribution in [0, 0.1) is 5.92 Å². The molecule has 3 rings (SSSR count). The van der Waals surface area contributed by atoms with Gasteiger partial charge in [-0.25, -0.2) is 4.98 Å². The zero-order valence-electron chi connectivity index (χ0n) is 11.4. The van der Waals surface area contributed by atoms with Crippen molar-refractivity contribution in [1.29, 1.82) is 0 Å². The zero-order valence-corrected chi connectivity index (χ0v) is 11.4. The molecule has 3 nitrogen and oxygen atoms in total. The normalized spacial score (nSPS) is 29.6. The number of hydrogen-bond acceptors (Lipinski definition) is 2. The summed E-state index contributed by atoms with van der Waals surface area (Å²) in [5.74, 6) is 1.99. The number of hydrogen-bond donors (Lipinski definition) is 1. The molecule has 2 aliphatic rings. The third-order valence-corrected chi connectivity index (χ3v) is 4.66. The molecule has 18 heavy (non-hydrogen) atoms. The largest absolute Gasteiger partial charge is 0.353 e. The molecule has 2 saturated carbocycles. The summed E-state index contributed by atoms with van der Waals surface area (Å²) in [6.45, 7) is 2.36. The van der Waals surface area contributed by atoms with E-state index in [1.54, 1.807) is 0 Å². The van der Waals surface area contributed by atoms with Crippen molar-refractivity contribution >= 4 is 5.95 Å². The van der Waals surface area contributed by atoms with Gasteiger partial charge in [0, 0.05) is 24.5 Å². The number of nitrogens with zero attached hydrogens (tertiary/aromatic N) is 2. The fourth-order valence-corrected chi connectivity index (χ4v) is 3.60. The van der Waals surface area contributed by atoms with Crippen LogP contribution >= 0.6 is 0 Å². The first kappa shape index (κ1) is 12.1. The maximum absolute atomic E-state index is 4.53. The van der Waals surface area contributed by atoms with Crippen LogP contribution in [0.25, 0.3) is 0 Å². The smallest absolute Gasteiger partial charge is 0.203 e. The first-order valence-corrected chi connectivity index (χ1v) is 7.62. The van der Waals surface area contributed by atoms with E-state index in [1.165, 1.54) is 51.4 Å². The van der Waals surface area contributed by atoms with E-state index in [9.17, 15) is 0 Å². The van der Waals surface area contributed by atoms with E-state index in [-0.39, 0.29) is 0 Å². The minimum Gasteiger partial charge on any atom is -0.353 e. The molecule has 0 saturated heterocycles. The Balaban J connectivity index is 1.67. The molecule has 2 atom stereocenters. The van der Waals surface area contributed by atoms with Crippen LogP contribution in [0.15, 0.2) is 12.4 Å². The van der Waals surface area contributed by atoms with Crippen molar-refractivity contribution in [2.24, 2.45) is 5.92 Å². The molecule has 0 amide bonds. The Morgan fingerprint density at radius 3 is 2.72 bits per heavy atom. The Morgan fingerprint density at radius 1 is 1.17 bits per heavy atom. The number of imidazole rings is 1. The molecule has 1 aromatic heterocycles. The molecular weight excluding hydrogens is 222 g/mol. The van der Waals surface area contributed by atoms with Crippen molar-refractivity contribution in [1.82, 2.24) is 9.55 Å². The minimum atomic E-state index is 0.643. The van der Waals surface area contributed by atoms with E-state index in [1.807, 2.05) is 6.20 Å². The predicted molar refractivity (Wildman–Crippen MR) is 74.8 cm³/mol. The van der Waals surface area contributed by atoms with Gasteiger partial charge in [-0.05, 0) is 38.0 Å². The molecule has 100 valence electrons. The lowest BCUT2D eigenvalue weighted by molar-refractivity contribution is 0.355. The first-order valence-electron chi connectivity index (χ1n) is 7.62. The van der Waals surface area contributed by atoms with E-state index in [2.05, 4.69) is 28.0 Å². The summed E-state index contributed by atoms with van der Waals surface area (Å²) in [6.07, 6.45) is 14.9. The van der Waals surface area contributed by atoms with Crippen molar-refractivity contribution in [3.05, 3.63) is 12.4 Å². The molecule has 2 unspecified atom stereocenters. The third kappa shape index (κ3) is 2.55. The van der Waals surface area contributed by atoms with Crippen molar-refractivity contribution in [3.8, 4) is 0 Å². The summed E-state index contributed by atoms with van der Waals surface area (Å²) in [6, 6.07) is 1.33. The average molecular weight is 247 g/mol. The Labute approximate surface area is 110 Å². The third-order valence-electron chi connectivity index (χ3n) is 4.66. The van der Waals surface area contributed by atoms with Crippen LogP contribution in [0.1, 0.15) is 64.3 Å². The topological polar surface area (TPSA) is 29.9 Å². The van der Waals surface area contributed by atoms with Gasteiger partial charge in [-0.3, -0.25) is 0 Å². The predicted octanol–water partition coefficient (Wildman–Crippen LogP) is 3.99.